The van der Waals surface area contributed by atoms with Gasteiger partial charge in [-0.25, -0.2) is 0 Å². The first kappa shape index (κ1) is 10.4. The first-order valence-electron chi connectivity index (χ1n) is 4.69. The Balaban J connectivity index is 2.04. The highest BCUT2D eigenvalue weighted by Gasteiger charge is 2.13. The minimum Gasteiger partial charge on any atom is -0.353 e. The Morgan fingerprint density at radius 3 is 3.08 bits per heavy atom. The molecule has 0 amide bonds. The highest BCUT2D eigenvalue weighted by molar-refractivity contribution is 5.71. The normalized spacial score (nSPS) is 22.6. The summed E-state index contributed by atoms with van der Waals surface area (Å²) in [5.41, 5.74) is 0.579. The van der Waals surface area contributed by atoms with Crippen molar-refractivity contribution in [2.24, 2.45) is 0 Å². The van der Waals surface area contributed by atoms with Crippen LogP contribution in [0.5, 0.6) is 0 Å². The zero-order valence-corrected chi connectivity index (χ0v) is 7.83. The van der Waals surface area contributed by atoms with E-state index in [1.165, 1.54) is 6.42 Å². The van der Waals surface area contributed by atoms with E-state index in [1.54, 1.807) is 0 Å². The van der Waals surface area contributed by atoms with Gasteiger partial charge in [0.2, 0.25) is 0 Å². The maximum atomic E-state index is 10.2. The Morgan fingerprint density at radius 1 is 1.62 bits per heavy atom. The van der Waals surface area contributed by atoms with Crippen LogP contribution >= 0.6 is 0 Å². The van der Waals surface area contributed by atoms with E-state index in [1.807, 2.05) is 0 Å². The zero-order chi connectivity index (χ0) is 9.52. The molecule has 1 atom stereocenters. The zero-order valence-electron chi connectivity index (χ0n) is 7.83. The van der Waals surface area contributed by atoms with Gasteiger partial charge in [-0.3, -0.25) is 4.79 Å². The van der Waals surface area contributed by atoms with Crippen LogP contribution in [0.2, 0.25) is 0 Å². The molecule has 0 saturated carbocycles. The number of hydrogen-bond donors (Lipinski definition) is 0. The molecular formula is C10H16O3. The molecule has 0 aromatic heterocycles. The SMILES string of the molecule is C=C(C=O)CCOC1CCCCO1. The number of carbonyl (C=O) groups is 1. The predicted octanol–water partition coefficient (Wildman–Crippen LogP) is 1.67. The molecule has 3 heteroatoms. The van der Waals surface area contributed by atoms with Crippen LogP contribution < -0.4 is 0 Å². The van der Waals surface area contributed by atoms with Crippen LogP contribution in [0.3, 0.4) is 0 Å². The quantitative estimate of drug-likeness (QED) is 0.481. The lowest BCUT2D eigenvalue weighted by molar-refractivity contribution is -0.161. The molecule has 0 bridgehead atoms. The third-order valence-corrected chi connectivity index (χ3v) is 2.03. The Bertz CT molecular complexity index is 171. The Labute approximate surface area is 78.7 Å². The molecular weight excluding hydrogens is 168 g/mol. The number of carbonyl (C=O) groups excluding carboxylic acids is 1. The van der Waals surface area contributed by atoms with E-state index >= 15 is 0 Å². The van der Waals surface area contributed by atoms with E-state index in [-0.39, 0.29) is 6.29 Å². The van der Waals surface area contributed by atoms with E-state index < -0.39 is 0 Å². The lowest BCUT2D eigenvalue weighted by Gasteiger charge is -2.22. The monoisotopic (exact) mass is 184 g/mol. The molecule has 1 unspecified atom stereocenters. The predicted molar refractivity (Wildman–Crippen MR) is 49.4 cm³/mol. The van der Waals surface area contributed by atoms with Gasteiger partial charge in [-0.15, -0.1) is 0 Å². The Hall–Kier alpha value is -0.670. The van der Waals surface area contributed by atoms with Crippen molar-refractivity contribution in [3.63, 3.8) is 0 Å². The van der Waals surface area contributed by atoms with Gasteiger partial charge in [0.1, 0.15) is 6.29 Å². The molecule has 3 nitrogen and oxygen atoms in total. The van der Waals surface area contributed by atoms with Gasteiger partial charge in [-0.05, 0) is 31.3 Å². The summed E-state index contributed by atoms with van der Waals surface area (Å²) >= 11 is 0. The lowest BCUT2D eigenvalue weighted by Crippen LogP contribution is -2.22. The maximum Gasteiger partial charge on any atom is 0.157 e. The van der Waals surface area contributed by atoms with Gasteiger partial charge in [-0.1, -0.05) is 6.58 Å². The molecule has 1 aliphatic rings. The van der Waals surface area contributed by atoms with E-state index in [0.717, 1.165) is 25.7 Å². The summed E-state index contributed by atoms with van der Waals surface area (Å²) in [6, 6.07) is 0. The van der Waals surface area contributed by atoms with Crippen molar-refractivity contribution in [1.29, 1.82) is 0 Å². The van der Waals surface area contributed by atoms with E-state index in [9.17, 15) is 4.79 Å². The van der Waals surface area contributed by atoms with Crippen LogP contribution in [-0.4, -0.2) is 25.8 Å². The van der Waals surface area contributed by atoms with Gasteiger partial charge in [0, 0.05) is 6.61 Å². The lowest BCUT2D eigenvalue weighted by atomic mass is 10.2. The molecule has 0 radical (unpaired) electrons. The minimum atomic E-state index is -0.0618. The second-order valence-corrected chi connectivity index (χ2v) is 3.19. The second-order valence-electron chi connectivity index (χ2n) is 3.19. The van der Waals surface area contributed by atoms with Gasteiger partial charge < -0.3 is 9.47 Å². The summed E-state index contributed by atoms with van der Waals surface area (Å²) < 4.78 is 10.8. The standard InChI is InChI=1S/C10H16O3/c1-9(8-11)5-7-13-10-4-2-3-6-12-10/h8,10H,1-7H2. The highest BCUT2D eigenvalue weighted by Crippen LogP contribution is 2.14. The van der Waals surface area contributed by atoms with E-state index in [0.29, 0.717) is 18.6 Å². The van der Waals surface area contributed by atoms with Crippen molar-refractivity contribution in [1.82, 2.24) is 0 Å². The summed E-state index contributed by atoms with van der Waals surface area (Å²) in [7, 11) is 0. The molecule has 74 valence electrons. The van der Waals surface area contributed by atoms with E-state index in [2.05, 4.69) is 6.58 Å². The first-order valence-corrected chi connectivity index (χ1v) is 4.69. The van der Waals surface area contributed by atoms with Gasteiger partial charge in [0.15, 0.2) is 6.29 Å². The van der Waals surface area contributed by atoms with Gasteiger partial charge in [-0.2, -0.15) is 0 Å². The average molecular weight is 184 g/mol. The van der Waals surface area contributed by atoms with Crippen LogP contribution in [0.15, 0.2) is 12.2 Å². The number of rotatable bonds is 5. The van der Waals surface area contributed by atoms with Gasteiger partial charge >= 0.3 is 0 Å². The smallest absolute Gasteiger partial charge is 0.157 e. The molecule has 0 N–H and O–H groups in total. The topological polar surface area (TPSA) is 35.5 Å². The molecule has 0 aliphatic carbocycles. The third kappa shape index (κ3) is 4.20. The van der Waals surface area contributed by atoms with Crippen LogP contribution in [0, 0.1) is 0 Å². The van der Waals surface area contributed by atoms with Crippen molar-refractivity contribution in [3.05, 3.63) is 12.2 Å². The molecule has 1 rings (SSSR count). The molecule has 1 fully saturated rings. The fourth-order valence-corrected chi connectivity index (χ4v) is 1.22. The molecule has 1 aliphatic heterocycles. The van der Waals surface area contributed by atoms with Crippen molar-refractivity contribution in [2.45, 2.75) is 32.0 Å². The number of aldehydes is 1. The second kappa shape index (κ2) is 5.89. The van der Waals surface area contributed by atoms with Crippen LogP contribution in [0.4, 0.5) is 0 Å². The van der Waals surface area contributed by atoms with E-state index in [4.69, 9.17) is 9.47 Å². The molecule has 0 spiro atoms. The maximum absolute atomic E-state index is 10.2. The minimum absolute atomic E-state index is 0.0618. The molecule has 0 aromatic carbocycles. The van der Waals surface area contributed by atoms with Crippen LogP contribution in [-0.2, 0) is 14.3 Å². The highest BCUT2D eigenvalue weighted by atomic mass is 16.7. The molecule has 0 aromatic rings. The number of hydrogen-bond acceptors (Lipinski definition) is 3. The molecule has 1 heterocycles. The first-order chi connectivity index (χ1) is 6.33. The van der Waals surface area contributed by atoms with Crippen molar-refractivity contribution >= 4 is 6.29 Å². The van der Waals surface area contributed by atoms with Crippen LogP contribution in [0.25, 0.3) is 0 Å². The molecule has 1 saturated heterocycles. The van der Waals surface area contributed by atoms with Gasteiger partial charge in [0.25, 0.3) is 0 Å². The third-order valence-electron chi connectivity index (χ3n) is 2.03. The Kier molecular flexibility index (Phi) is 4.72. The summed E-state index contributed by atoms with van der Waals surface area (Å²) in [5, 5.41) is 0. The Morgan fingerprint density at radius 2 is 2.46 bits per heavy atom. The van der Waals surface area contributed by atoms with Gasteiger partial charge in [0.05, 0.1) is 6.61 Å². The summed E-state index contributed by atoms with van der Waals surface area (Å²) in [6.07, 6.45) is 4.57. The summed E-state index contributed by atoms with van der Waals surface area (Å²) in [4.78, 5) is 10.2. The van der Waals surface area contributed by atoms with Crippen LogP contribution in [0.1, 0.15) is 25.7 Å². The van der Waals surface area contributed by atoms with Crippen molar-refractivity contribution in [3.8, 4) is 0 Å². The average Bonchev–Trinajstić information content (AvgIpc) is 2.19. The fourth-order valence-electron chi connectivity index (χ4n) is 1.22. The fraction of sp³-hybridized carbons (Fsp3) is 0.700. The largest absolute Gasteiger partial charge is 0.353 e. The van der Waals surface area contributed by atoms with Crippen molar-refractivity contribution in [2.75, 3.05) is 13.2 Å². The summed E-state index contributed by atoms with van der Waals surface area (Å²) in [6.45, 7) is 4.89. The van der Waals surface area contributed by atoms with Crippen molar-refractivity contribution < 1.29 is 14.3 Å². The molecule has 13 heavy (non-hydrogen) atoms. The number of ether oxygens (including phenoxy) is 2. The summed E-state index contributed by atoms with van der Waals surface area (Å²) in [5.74, 6) is 0.